The van der Waals surface area contributed by atoms with Gasteiger partial charge in [0.25, 0.3) is 0 Å². The van der Waals surface area contributed by atoms with Crippen LogP contribution in [0.4, 0.5) is 0 Å². The zero-order valence-electron chi connectivity index (χ0n) is 12.2. The molecule has 1 aromatic rings. The van der Waals surface area contributed by atoms with Crippen LogP contribution in [0.5, 0.6) is 0 Å². The van der Waals surface area contributed by atoms with Crippen molar-refractivity contribution in [3.8, 4) is 0 Å². The van der Waals surface area contributed by atoms with E-state index in [-0.39, 0.29) is 12.3 Å². The van der Waals surface area contributed by atoms with E-state index in [4.69, 9.17) is 4.74 Å². The molecule has 0 aliphatic carbocycles. The van der Waals surface area contributed by atoms with Crippen LogP contribution in [-0.4, -0.2) is 32.3 Å². The van der Waals surface area contributed by atoms with E-state index >= 15 is 0 Å². The average molecular weight is 358 g/mol. The molecular weight excluding hydrogens is 338 g/mol. The molecule has 0 heterocycles. The van der Waals surface area contributed by atoms with Crippen LogP contribution >= 0.6 is 15.9 Å². The number of hydrogen-bond donors (Lipinski definition) is 1. The summed E-state index contributed by atoms with van der Waals surface area (Å²) in [6, 6.07) is 8.10. The number of amides is 1. The number of carbonyl (C=O) groups excluding carboxylic acids is 2. The number of rotatable bonds is 9. The van der Waals surface area contributed by atoms with Crippen LogP contribution in [0.15, 0.2) is 28.7 Å². The van der Waals surface area contributed by atoms with E-state index in [0.717, 1.165) is 10.9 Å². The third-order valence-corrected chi connectivity index (χ3v) is 3.44. The van der Waals surface area contributed by atoms with Gasteiger partial charge in [-0.1, -0.05) is 35.0 Å². The minimum atomic E-state index is -0.651. The normalized spacial score (nSPS) is 13.3. The van der Waals surface area contributed by atoms with Crippen molar-refractivity contribution in [1.29, 1.82) is 0 Å². The van der Waals surface area contributed by atoms with Gasteiger partial charge in [-0.25, -0.2) is 0 Å². The van der Waals surface area contributed by atoms with Crippen LogP contribution in [0.25, 0.3) is 0 Å². The van der Waals surface area contributed by atoms with Gasteiger partial charge < -0.3 is 14.8 Å². The molecule has 2 unspecified atom stereocenters. The molecule has 0 aliphatic heterocycles. The van der Waals surface area contributed by atoms with Gasteiger partial charge in [-0.05, 0) is 30.0 Å². The van der Waals surface area contributed by atoms with Crippen molar-refractivity contribution in [1.82, 2.24) is 5.32 Å². The van der Waals surface area contributed by atoms with Crippen molar-refractivity contribution in [2.24, 2.45) is 5.92 Å². The van der Waals surface area contributed by atoms with Gasteiger partial charge >= 0.3 is 5.97 Å². The Kier molecular flexibility index (Phi) is 8.00. The molecule has 1 amide bonds. The number of methoxy groups -OCH3 is 1. The van der Waals surface area contributed by atoms with Gasteiger partial charge in [0.1, 0.15) is 6.23 Å². The number of halogens is 1. The third-order valence-electron chi connectivity index (χ3n) is 2.91. The SMILES string of the molecule is COC(=O)CC(NC=O)OCC(C)Cc1ccc(Br)cc1. The molecule has 2 atom stereocenters. The number of esters is 1. The van der Waals surface area contributed by atoms with Crippen LogP contribution in [0, 0.1) is 5.92 Å². The largest absolute Gasteiger partial charge is 0.469 e. The number of carbonyl (C=O) groups is 2. The number of hydrogen-bond acceptors (Lipinski definition) is 4. The van der Waals surface area contributed by atoms with Gasteiger partial charge in [-0.3, -0.25) is 9.59 Å². The van der Waals surface area contributed by atoms with Crippen molar-refractivity contribution in [3.63, 3.8) is 0 Å². The summed E-state index contributed by atoms with van der Waals surface area (Å²) in [6.07, 6.45) is 0.731. The molecule has 0 aliphatic rings. The van der Waals surface area contributed by atoms with Crippen molar-refractivity contribution in [2.75, 3.05) is 13.7 Å². The van der Waals surface area contributed by atoms with Crippen molar-refractivity contribution in [2.45, 2.75) is 26.0 Å². The van der Waals surface area contributed by atoms with Crippen molar-refractivity contribution in [3.05, 3.63) is 34.3 Å². The van der Waals surface area contributed by atoms with E-state index in [2.05, 4.69) is 45.0 Å². The zero-order chi connectivity index (χ0) is 15.7. The summed E-state index contributed by atoms with van der Waals surface area (Å²) in [5.41, 5.74) is 1.21. The zero-order valence-corrected chi connectivity index (χ0v) is 13.8. The summed E-state index contributed by atoms with van der Waals surface area (Å²) < 4.78 is 11.2. The molecule has 0 saturated carbocycles. The Morgan fingerprint density at radius 1 is 1.38 bits per heavy atom. The molecule has 0 saturated heterocycles. The topological polar surface area (TPSA) is 64.6 Å². The monoisotopic (exact) mass is 357 g/mol. The fourth-order valence-electron chi connectivity index (χ4n) is 1.84. The molecule has 0 spiro atoms. The first-order valence-corrected chi connectivity index (χ1v) is 7.47. The minimum absolute atomic E-state index is 0.000242. The average Bonchev–Trinajstić information content (AvgIpc) is 2.47. The lowest BCUT2D eigenvalue weighted by molar-refractivity contribution is -0.145. The highest BCUT2D eigenvalue weighted by Gasteiger charge is 2.15. The van der Waals surface area contributed by atoms with Gasteiger partial charge in [0.2, 0.25) is 6.41 Å². The Morgan fingerprint density at radius 3 is 2.62 bits per heavy atom. The number of ether oxygens (including phenoxy) is 2. The lowest BCUT2D eigenvalue weighted by Gasteiger charge is -2.19. The van der Waals surface area contributed by atoms with E-state index in [1.54, 1.807) is 0 Å². The highest BCUT2D eigenvalue weighted by Crippen LogP contribution is 2.14. The van der Waals surface area contributed by atoms with Crippen LogP contribution in [-0.2, 0) is 25.5 Å². The van der Waals surface area contributed by atoms with Gasteiger partial charge in [0.05, 0.1) is 20.1 Å². The fourth-order valence-corrected chi connectivity index (χ4v) is 2.10. The third kappa shape index (κ3) is 7.24. The molecule has 0 fully saturated rings. The molecule has 1 rings (SSSR count). The summed E-state index contributed by atoms with van der Waals surface area (Å²) in [5.74, 6) is -0.158. The van der Waals surface area contributed by atoms with Crippen LogP contribution < -0.4 is 5.32 Å². The highest BCUT2D eigenvalue weighted by molar-refractivity contribution is 9.10. The second-order valence-corrected chi connectivity index (χ2v) is 5.74. The van der Waals surface area contributed by atoms with Gasteiger partial charge in [0.15, 0.2) is 0 Å². The van der Waals surface area contributed by atoms with E-state index in [1.807, 2.05) is 12.1 Å². The van der Waals surface area contributed by atoms with E-state index < -0.39 is 12.2 Å². The first kappa shape index (κ1) is 17.7. The Balaban J connectivity index is 2.41. The molecule has 116 valence electrons. The Hall–Kier alpha value is -1.40. The lowest BCUT2D eigenvalue weighted by atomic mass is 10.0. The lowest BCUT2D eigenvalue weighted by Crippen LogP contribution is -2.34. The molecular formula is C15H20BrNO4. The Morgan fingerprint density at radius 2 is 2.05 bits per heavy atom. The first-order valence-electron chi connectivity index (χ1n) is 6.67. The maximum atomic E-state index is 11.2. The molecule has 0 aromatic heterocycles. The molecule has 5 nitrogen and oxygen atoms in total. The van der Waals surface area contributed by atoms with Crippen LogP contribution in [0.2, 0.25) is 0 Å². The predicted molar refractivity (Wildman–Crippen MR) is 82.6 cm³/mol. The second kappa shape index (κ2) is 9.52. The molecule has 21 heavy (non-hydrogen) atoms. The minimum Gasteiger partial charge on any atom is -0.469 e. The second-order valence-electron chi connectivity index (χ2n) is 4.82. The summed E-state index contributed by atoms with van der Waals surface area (Å²) in [6.45, 7) is 2.50. The summed E-state index contributed by atoms with van der Waals surface area (Å²) in [4.78, 5) is 21.7. The first-order chi connectivity index (χ1) is 10.0. The maximum Gasteiger partial charge on any atom is 0.310 e. The molecule has 1 aromatic carbocycles. The Bertz CT molecular complexity index is 449. The van der Waals surface area contributed by atoms with Crippen LogP contribution in [0.1, 0.15) is 18.9 Å². The fraction of sp³-hybridized carbons (Fsp3) is 0.467. The van der Waals surface area contributed by atoms with Gasteiger partial charge in [0, 0.05) is 4.47 Å². The molecule has 1 N–H and O–H groups in total. The van der Waals surface area contributed by atoms with Crippen molar-refractivity contribution < 1.29 is 19.1 Å². The smallest absolute Gasteiger partial charge is 0.310 e. The summed E-state index contributed by atoms with van der Waals surface area (Å²) in [7, 11) is 1.30. The van der Waals surface area contributed by atoms with Gasteiger partial charge in [-0.15, -0.1) is 0 Å². The van der Waals surface area contributed by atoms with Crippen molar-refractivity contribution >= 4 is 28.3 Å². The quantitative estimate of drug-likeness (QED) is 0.418. The maximum absolute atomic E-state index is 11.2. The van der Waals surface area contributed by atoms with E-state index in [9.17, 15) is 9.59 Å². The van der Waals surface area contributed by atoms with E-state index in [1.165, 1.54) is 12.7 Å². The number of benzene rings is 1. The standard InChI is InChI=1S/C15H20BrNO4/c1-11(7-12-3-5-13(16)6-4-12)9-21-14(17-10-18)8-15(19)20-2/h3-6,10-11,14H,7-9H2,1-2H3,(H,17,18). The summed E-state index contributed by atoms with van der Waals surface area (Å²) in [5, 5.41) is 2.46. The highest BCUT2D eigenvalue weighted by atomic mass is 79.9. The molecule has 6 heteroatoms. The number of nitrogens with one attached hydrogen (secondary N) is 1. The predicted octanol–water partition coefficient (Wildman–Crippen LogP) is 2.28. The molecule has 0 bridgehead atoms. The van der Waals surface area contributed by atoms with Gasteiger partial charge in [-0.2, -0.15) is 0 Å². The molecule has 0 radical (unpaired) electrons. The van der Waals surface area contributed by atoms with E-state index in [0.29, 0.717) is 13.0 Å². The summed E-state index contributed by atoms with van der Waals surface area (Å²) >= 11 is 3.40. The Labute approximate surface area is 133 Å². The van der Waals surface area contributed by atoms with Crippen LogP contribution in [0.3, 0.4) is 0 Å².